The molecule has 0 atom stereocenters. The molecule has 0 aromatic heterocycles. The second-order valence-electron chi connectivity index (χ2n) is 6.09. The van der Waals surface area contributed by atoms with Crippen LogP contribution in [-0.4, -0.2) is 52.5 Å². The van der Waals surface area contributed by atoms with E-state index in [4.69, 9.17) is 25.8 Å². The summed E-state index contributed by atoms with van der Waals surface area (Å²) >= 11 is 6.00. The van der Waals surface area contributed by atoms with E-state index in [1.807, 2.05) is 0 Å². The number of carbonyl (C=O) groups is 1. The van der Waals surface area contributed by atoms with Gasteiger partial charge < -0.3 is 19.5 Å². The number of carbonyl (C=O) groups excluding carboxylic acids is 1. The number of methoxy groups -OCH3 is 2. The van der Waals surface area contributed by atoms with E-state index in [1.54, 1.807) is 32.0 Å². The van der Waals surface area contributed by atoms with Gasteiger partial charge in [-0.2, -0.15) is 4.31 Å². The van der Waals surface area contributed by atoms with Crippen LogP contribution < -0.4 is 19.5 Å². The molecule has 0 aliphatic carbocycles. The third-order valence-corrected chi connectivity index (χ3v) is 6.56. The number of ether oxygens (including phenoxy) is 3. The molecule has 30 heavy (non-hydrogen) atoms. The molecule has 0 aliphatic heterocycles. The van der Waals surface area contributed by atoms with Crippen molar-refractivity contribution < 1.29 is 27.4 Å². The van der Waals surface area contributed by atoms with Gasteiger partial charge in [-0.15, -0.1) is 0 Å². The largest absolute Gasteiger partial charge is 0.493 e. The molecule has 2 aromatic carbocycles. The predicted octanol–water partition coefficient (Wildman–Crippen LogP) is 3.41. The van der Waals surface area contributed by atoms with Gasteiger partial charge in [0, 0.05) is 29.9 Å². The normalized spacial score (nSPS) is 11.3. The van der Waals surface area contributed by atoms with Crippen molar-refractivity contribution in [1.82, 2.24) is 4.31 Å². The average molecular weight is 457 g/mol. The molecule has 1 amide bonds. The van der Waals surface area contributed by atoms with Crippen LogP contribution in [0.1, 0.15) is 13.8 Å². The summed E-state index contributed by atoms with van der Waals surface area (Å²) < 4.78 is 43.0. The molecular weight excluding hydrogens is 432 g/mol. The molecule has 0 radical (unpaired) electrons. The summed E-state index contributed by atoms with van der Waals surface area (Å²) in [5.41, 5.74) is 0.480. The van der Waals surface area contributed by atoms with Gasteiger partial charge in [-0.05, 0) is 30.3 Å². The fourth-order valence-electron chi connectivity index (χ4n) is 2.76. The summed E-state index contributed by atoms with van der Waals surface area (Å²) in [7, 11) is -0.811. The zero-order valence-corrected chi connectivity index (χ0v) is 18.8. The highest BCUT2D eigenvalue weighted by molar-refractivity contribution is 7.89. The van der Waals surface area contributed by atoms with Gasteiger partial charge in [-0.1, -0.05) is 25.4 Å². The summed E-state index contributed by atoms with van der Waals surface area (Å²) in [6.45, 7) is 3.68. The second-order valence-corrected chi connectivity index (χ2v) is 8.43. The van der Waals surface area contributed by atoms with E-state index in [9.17, 15) is 13.2 Å². The van der Waals surface area contributed by atoms with Crippen molar-refractivity contribution in [2.24, 2.45) is 0 Å². The van der Waals surface area contributed by atoms with E-state index in [0.717, 1.165) is 0 Å². The Hall–Kier alpha value is -2.49. The van der Waals surface area contributed by atoms with Gasteiger partial charge in [0.25, 0.3) is 5.91 Å². The number of halogens is 1. The molecule has 0 unspecified atom stereocenters. The molecule has 164 valence electrons. The van der Waals surface area contributed by atoms with E-state index in [2.05, 4.69) is 5.32 Å². The highest BCUT2D eigenvalue weighted by atomic mass is 35.5. The van der Waals surface area contributed by atoms with Crippen molar-refractivity contribution in [3.05, 3.63) is 41.4 Å². The molecule has 0 bridgehead atoms. The van der Waals surface area contributed by atoms with Gasteiger partial charge in [0.15, 0.2) is 18.1 Å². The quantitative estimate of drug-likeness (QED) is 0.588. The number of hydrogen-bond acceptors (Lipinski definition) is 6. The number of hydrogen-bond donors (Lipinski definition) is 1. The van der Waals surface area contributed by atoms with E-state index < -0.39 is 22.5 Å². The number of rotatable bonds is 10. The van der Waals surface area contributed by atoms with E-state index >= 15 is 0 Å². The maximum absolute atomic E-state index is 12.9. The molecule has 0 saturated heterocycles. The highest BCUT2D eigenvalue weighted by Gasteiger charge is 2.26. The van der Waals surface area contributed by atoms with Gasteiger partial charge in [-0.25, -0.2) is 8.42 Å². The minimum absolute atomic E-state index is 0.0498. The molecule has 10 heteroatoms. The van der Waals surface area contributed by atoms with Crippen LogP contribution in [-0.2, 0) is 14.8 Å². The van der Waals surface area contributed by atoms with Gasteiger partial charge in [0.2, 0.25) is 10.0 Å². The molecule has 0 fully saturated rings. The fourth-order valence-corrected chi connectivity index (χ4v) is 4.61. The van der Waals surface area contributed by atoms with Crippen molar-refractivity contribution in [3.8, 4) is 17.2 Å². The van der Waals surface area contributed by atoms with Crippen LogP contribution >= 0.6 is 11.6 Å². The topological polar surface area (TPSA) is 94.2 Å². The molecule has 2 aromatic rings. The first-order valence-electron chi connectivity index (χ1n) is 9.21. The van der Waals surface area contributed by atoms with E-state index in [0.29, 0.717) is 30.3 Å². The molecule has 0 aliphatic rings. The zero-order valence-electron chi connectivity index (χ0n) is 17.3. The monoisotopic (exact) mass is 456 g/mol. The Morgan fingerprint density at radius 1 is 1.00 bits per heavy atom. The van der Waals surface area contributed by atoms with Crippen LogP contribution in [0.5, 0.6) is 17.2 Å². The fraction of sp³-hybridized carbons (Fsp3) is 0.350. The summed E-state index contributed by atoms with van der Waals surface area (Å²) in [6, 6.07) is 9.17. The molecule has 8 nitrogen and oxygen atoms in total. The number of amides is 1. The maximum Gasteiger partial charge on any atom is 0.262 e. The standard InChI is InChI=1S/C20H25ClN2O6S/c1-5-23(6-2)30(25,26)19-11-14(21)7-9-17(19)29-13-20(24)22-15-8-10-16(27-3)18(12-15)28-4/h7-12H,5-6,13H2,1-4H3,(H,22,24). The maximum atomic E-state index is 12.9. The Morgan fingerprint density at radius 2 is 1.63 bits per heavy atom. The van der Waals surface area contributed by atoms with Gasteiger partial charge in [0.05, 0.1) is 14.2 Å². The van der Waals surface area contributed by atoms with Crippen molar-refractivity contribution in [2.45, 2.75) is 18.7 Å². The summed E-state index contributed by atoms with van der Waals surface area (Å²) in [4.78, 5) is 12.2. The van der Waals surface area contributed by atoms with Crippen LogP contribution in [0.4, 0.5) is 5.69 Å². The minimum atomic E-state index is -3.82. The third kappa shape index (κ3) is 5.56. The lowest BCUT2D eigenvalue weighted by Crippen LogP contribution is -2.31. The van der Waals surface area contributed by atoms with E-state index in [-0.39, 0.29) is 15.7 Å². The Balaban J connectivity index is 2.17. The Labute approximate surface area is 181 Å². The van der Waals surface area contributed by atoms with Crippen LogP contribution in [0.3, 0.4) is 0 Å². The second kappa shape index (κ2) is 10.5. The summed E-state index contributed by atoms with van der Waals surface area (Å²) in [6.07, 6.45) is 0. The lowest BCUT2D eigenvalue weighted by Gasteiger charge is -2.20. The van der Waals surface area contributed by atoms with Crippen molar-refractivity contribution in [2.75, 3.05) is 39.2 Å². The van der Waals surface area contributed by atoms with Crippen LogP contribution in [0, 0.1) is 0 Å². The number of sulfonamides is 1. The first-order chi connectivity index (χ1) is 14.3. The molecule has 0 heterocycles. The number of anilines is 1. The van der Waals surface area contributed by atoms with Crippen LogP contribution in [0.2, 0.25) is 5.02 Å². The molecule has 0 saturated carbocycles. The third-order valence-electron chi connectivity index (χ3n) is 4.26. The first kappa shape index (κ1) is 23.8. The highest BCUT2D eigenvalue weighted by Crippen LogP contribution is 2.31. The van der Waals surface area contributed by atoms with E-state index in [1.165, 1.54) is 36.7 Å². The van der Waals surface area contributed by atoms with Gasteiger partial charge in [0.1, 0.15) is 10.6 Å². The van der Waals surface area contributed by atoms with Gasteiger partial charge in [-0.3, -0.25) is 4.79 Å². The van der Waals surface area contributed by atoms with Crippen molar-refractivity contribution in [3.63, 3.8) is 0 Å². The molecular formula is C20H25ClN2O6S. The Bertz CT molecular complexity index is 993. The van der Waals surface area contributed by atoms with Crippen LogP contribution in [0.25, 0.3) is 0 Å². The number of nitrogens with zero attached hydrogens (tertiary/aromatic N) is 1. The van der Waals surface area contributed by atoms with Crippen molar-refractivity contribution in [1.29, 1.82) is 0 Å². The predicted molar refractivity (Wildman–Crippen MR) is 115 cm³/mol. The van der Waals surface area contributed by atoms with Crippen LogP contribution in [0.15, 0.2) is 41.3 Å². The molecule has 2 rings (SSSR count). The first-order valence-corrected chi connectivity index (χ1v) is 11.0. The van der Waals surface area contributed by atoms with Crippen molar-refractivity contribution >= 4 is 33.2 Å². The summed E-state index contributed by atoms with van der Waals surface area (Å²) in [5.74, 6) is 0.567. The molecule has 0 spiro atoms. The lowest BCUT2D eigenvalue weighted by atomic mass is 10.2. The van der Waals surface area contributed by atoms with Gasteiger partial charge >= 0.3 is 0 Å². The minimum Gasteiger partial charge on any atom is -0.493 e. The Morgan fingerprint density at radius 3 is 2.23 bits per heavy atom. The smallest absolute Gasteiger partial charge is 0.262 e. The zero-order chi connectivity index (χ0) is 22.3. The SMILES string of the molecule is CCN(CC)S(=O)(=O)c1cc(Cl)ccc1OCC(=O)Nc1ccc(OC)c(OC)c1. The lowest BCUT2D eigenvalue weighted by molar-refractivity contribution is -0.118. The average Bonchev–Trinajstić information content (AvgIpc) is 2.73. The number of nitrogens with one attached hydrogen (secondary N) is 1. The number of benzene rings is 2. The molecule has 1 N–H and O–H groups in total. The Kier molecular flexibility index (Phi) is 8.33. The summed E-state index contributed by atoms with van der Waals surface area (Å²) in [5, 5.41) is 2.92.